The van der Waals surface area contributed by atoms with Crippen molar-refractivity contribution >= 4 is 22.1 Å². The van der Waals surface area contributed by atoms with Gasteiger partial charge in [-0.3, -0.25) is 9.63 Å². The first kappa shape index (κ1) is 33.5. The first-order chi connectivity index (χ1) is 20.2. The predicted octanol–water partition coefficient (Wildman–Crippen LogP) is 4.16. The van der Waals surface area contributed by atoms with Crippen LogP contribution in [0.3, 0.4) is 0 Å². The zero-order valence-corrected chi connectivity index (χ0v) is 24.1. The summed E-state index contributed by atoms with van der Waals surface area (Å²) in [6.45, 7) is 2.36. The van der Waals surface area contributed by atoms with Crippen LogP contribution in [-0.2, 0) is 35.3 Å². The Balaban J connectivity index is 1.61. The molecular formula is C26H29F3N5O8S-. The van der Waals surface area contributed by atoms with Crippen molar-refractivity contribution in [2.24, 2.45) is 0 Å². The summed E-state index contributed by atoms with van der Waals surface area (Å²) in [5.41, 5.74) is 0.510. The molecule has 0 aliphatic heterocycles. The lowest BCUT2D eigenvalue weighted by Crippen LogP contribution is -2.39. The van der Waals surface area contributed by atoms with Crippen LogP contribution in [0.15, 0.2) is 59.5 Å². The second-order valence-corrected chi connectivity index (χ2v) is 10.7. The number of ether oxygens (including phenoxy) is 2. The van der Waals surface area contributed by atoms with Crippen LogP contribution in [0.4, 0.5) is 18.0 Å². The second kappa shape index (κ2) is 14.4. The Labute approximate surface area is 245 Å². The van der Waals surface area contributed by atoms with Gasteiger partial charge in [-0.2, -0.15) is 23.6 Å². The summed E-state index contributed by atoms with van der Waals surface area (Å²) in [7, 11) is -3.15. The van der Waals surface area contributed by atoms with Gasteiger partial charge in [0.2, 0.25) is 6.79 Å². The normalized spacial score (nSPS) is 12.0. The van der Waals surface area contributed by atoms with Gasteiger partial charge in [0.25, 0.3) is 10.0 Å². The molecule has 0 saturated carbocycles. The fraction of sp³-hybridized carbons (Fsp3) is 0.346. The maximum atomic E-state index is 13.4. The summed E-state index contributed by atoms with van der Waals surface area (Å²) in [5.74, 6) is -0.543. The third-order valence-electron chi connectivity index (χ3n) is 5.72. The number of nitrogens with one attached hydrogen (secondary N) is 1. The Bertz CT molecular complexity index is 1500. The molecule has 3 rings (SSSR count). The second-order valence-electron chi connectivity index (χ2n) is 9.06. The van der Waals surface area contributed by atoms with E-state index in [1.165, 1.54) is 19.2 Å². The largest absolute Gasteiger partial charge is 0.748 e. The number of nitrogens with zero attached hydrogens (tertiary/aromatic N) is 4. The highest BCUT2D eigenvalue weighted by molar-refractivity contribution is 7.90. The van der Waals surface area contributed by atoms with E-state index in [2.05, 4.69) is 14.7 Å². The number of hydrazine groups is 1. The van der Waals surface area contributed by atoms with Crippen molar-refractivity contribution in [3.8, 4) is 16.9 Å². The summed E-state index contributed by atoms with van der Waals surface area (Å²) in [6.07, 6.45) is -5.33. The molecule has 0 atom stereocenters. The number of hydrogen-bond acceptors (Lipinski definition) is 11. The van der Waals surface area contributed by atoms with E-state index in [9.17, 15) is 36.4 Å². The molecule has 0 aliphatic rings. The number of aryl methyl sites for hydroxylation is 1. The molecular weight excluding hydrogens is 599 g/mol. The molecule has 2 aromatic carbocycles. The number of rotatable bonds is 13. The Morgan fingerprint density at radius 1 is 1.07 bits per heavy atom. The first-order valence-electron chi connectivity index (χ1n) is 12.7. The summed E-state index contributed by atoms with van der Waals surface area (Å²) < 4.78 is 77.9. The van der Waals surface area contributed by atoms with Gasteiger partial charge in [-0.25, -0.2) is 27.6 Å². The number of amides is 1. The van der Waals surface area contributed by atoms with Gasteiger partial charge < -0.3 is 14.7 Å². The van der Waals surface area contributed by atoms with Crippen LogP contribution < -0.4 is 4.72 Å². The van der Waals surface area contributed by atoms with Gasteiger partial charge in [0.05, 0.1) is 16.3 Å². The molecule has 234 valence electrons. The maximum Gasteiger partial charge on any atom is 0.435 e. The van der Waals surface area contributed by atoms with Crippen molar-refractivity contribution in [2.75, 3.05) is 27.0 Å². The minimum absolute atomic E-state index is 0.000300. The summed E-state index contributed by atoms with van der Waals surface area (Å²) in [5, 5.41) is 16.4. The number of benzene rings is 2. The van der Waals surface area contributed by atoms with E-state index >= 15 is 0 Å². The third-order valence-corrected chi connectivity index (χ3v) is 7.05. The van der Waals surface area contributed by atoms with Gasteiger partial charge in [-0.15, -0.1) is 0 Å². The molecule has 1 N–H and O–H groups in total. The number of carbonyl (C=O) groups excluding carboxylic acids is 2. The Kier molecular flexibility index (Phi) is 11.2. The fourth-order valence-electron chi connectivity index (χ4n) is 3.48. The fourth-order valence-corrected chi connectivity index (χ4v) is 4.37. The molecule has 1 aromatic heterocycles. The minimum atomic E-state index is -4.71. The van der Waals surface area contributed by atoms with Crippen molar-refractivity contribution in [1.29, 1.82) is 0 Å². The van der Waals surface area contributed by atoms with E-state index in [-0.39, 0.29) is 34.6 Å². The molecule has 0 aliphatic carbocycles. The van der Waals surface area contributed by atoms with E-state index in [0.29, 0.717) is 12.0 Å². The molecule has 43 heavy (non-hydrogen) atoms. The first-order valence-corrected chi connectivity index (χ1v) is 14.2. The standard InChI is InChI=1S/C26H29F3N5O8S/c1-4-5-24(35)41-17-42-34(37)32(3)14-15-40-25(36)31-43(38,39)21-12-10-20(11-13-21)33-22(16-23(30-33)26(27,28)29)19-8-6-18(2)7-9-19/h6-13,16H,4-5,14-15,17H2,1-3H3,(H,31,36)/q-1. The third kappa shape index (κ3) is 9.48. The number of hydrogen-bond donors (Lipinski definition) is 1. The number of likely N-dealkylation sites (N-methyl/N-ethyl adjacent to an activating group) is 1. The number of esters is 1. The molecule has 0 unspecified atom stereocenters. The van der Waals surface area contributed by atoms with Crippen LogP contribution in [0.2, 0.25) is 0 Å². The molecule has 0 fully saturated rings. The maximum absolute atomic E-state index is 13.4. The lowest BCUT2D eigenvalue weighted by Gasteiger charge is -2.34. The summed E-state index contributed by atoms with van der Waals surface area (Å²) in [4.78, 5) is 27.6. The molecule has 0 bridgehead atoms. The average Bonchev–Trinajstić information content (AvgIpc) is 3.39. The number of sulfonamides is 1. The van der Waals surface area contributed by atoms with Crippen molar-refractivity contribution in [3.63, 3.8) is 0 Å². The lowest BCUT2D eigenvalue weighted by molar-refractivity contribution is -0.280. The lowest BCUT2D eigenvalue weighted by atomic mass is 10.1. The number of alkyl halides is 3. The van der Waals surface area contributed by atoms with Gasteiger partial charge in [0.15, 0.2) is 5.69 Å². The highest BCUT2D eigenvalue weighted by atomic mass is 32.2. The highest BCUT2D eigenvalue weighted by Crippen LogP contribution is 2.33. The monoisotopic (exact) mass is 628 g/mol. The molecule has 17 heteroatoms. The van der Waals surface area contributed by atoms with E-state index in [1.807, 2.05) is 6.92 Å². The van der Waals surface area contributed by atoms with Gasteiger partial charge in [0, 0.05) is 25.6 Å². The van der Waals surface area contributed by atoms with Crippen molar-refractivity contribution in [3.05, 3.63) is 71.1 Å². The van der Waals surface area contributed by atoms with E-state index in [4.69, 9.17) is 4.74 Å². The van der Waals surface area contributed by atoms with Gasteiger partial charge in [-0.05, 0) is 43.7 Å². The number of carbonyl (C=O) groups is 2. The zero-order chi connectivity index (χ0) is 31.8. The van der Waals surface area contributed by atoms with E-state index in [1.54, 1.807) is 35.9 Å². The van der Waals surface area contributed by atoms with Crippen LogP contribution in [-0.4, -0.2) is 67.6 Å². The Morgan fingerprint density at radius 2 is 1.72 bits per heavy atom. The van der Waals surface area contributed by atoms with Crippen molar-refractivity contribution in [1.82, 2.24) is 24.8 Å². The van der Waals surface area contributed by atoms with E-state index in [0.717, 1.165) is 33.5 Å². The van der Waals surface area contributed by atoms with Gasteiger partial charge in [-0.1, -0.05) is 36.8 Å². The smallest absolute Gasteiger partial charge is 0.435 e. The quantitative estimate of drug-likeness (QED) is 0.165. The molecule has 0 radical (unpaired) electrons. The van der Waals surface area contributed by atoms with Crippen LogP contribution >= 0.6 is 0 Å². The van der Waals surface area contributed by atoms with E-state index < -0.39 is 47.4 Å². The SMILES string of the molecule is CCCC(=O)OCON([O-])N(C)CCOC(=O)NS(=O)(=O)c1ccc(-n2nc(C(F)(F)F)cc2-c2ccc(C)cc2)cc1. The highest BCUT2D eigenvalue weighted by Gasteiger charge is 2.35. The van der Waals surface area contributed by atoms with Crippen LogP contribution in [0, 0.1) is 12.1 Å². The Hall–Kier alpha value is -4.03. The molecule has 3 aromatic rings. The molecule has 0 saturated heterocycles. The van der Waals surface area contributed by atoms with Gasteiger partial charge >= 0.3 is 18.2 Å². The molecule has 1 amide bonds. The predicted molar refractivity (Wildman–Crippen MR) is 145 cm³/mol. The van der Waals surface area contributed by atoms with Crippen molar-refractivity contribution in [2.45, 2.75) is 37.8 Å². The molecule has 13 nitrogen and oxygen atoms in total. The summed E-state index contributed by atoms with van der Waals surface area (Å²) >= 11 is 0. The molecule has 1 heterocycles. The number of aromatic nitrogens is 2. The average molecular weight is 629 g/mol. The molecule has 0 spiro atoms. The van der Waals surface area contributed by atoms with Crippen LogP contribution in [0.25, 0.3) is 16.9 Å². The minimum Gasteiger partial charge on any atom is -0.748 e. The topological polar surface area (TPSA) is 155 Å². The zero-order valence-electron chi connectivity index (χ0n) is 23.3. The van der Waals surface area contributed by atoms with Crippen molar-refractivity contribution < 1.29 is 45.5 Å². The van der Waals surface area contributed by atoms with Gasteiger partial charge in [0.1, 0.15) is 6.61 Å². The number of halogens is 3. The van der Waals surface area contributed by atoms with Crippen LogP contribution in [0.5, 0.6) is 0 Å². The Morgan fingerprint density at radius 3 is 2.33 bits per heavy atom. The van der Waals surface area contributed by atoms with Crippen LogP contribution in [0.1, 0.15) is 31.0 Å². The summed E-state index contributed by atoms with van der Waals surface area (Å²) in [6, 6.07) is 12.3.